The molecule has 0 radical (unpaired) electrons. The second-order valence-corrected chi connectivity index (χ2v) is 6.19. The standard InChI is InChI=1S/C18H12ClN3O7/c19-11-6-10(16(29-9-15(23)24)14(8-11)22(27)28)7-13-17(25)20-21(18(13)26)12-4-2-1-3-5-12/h1-8H,9H2,(H,20,25)(H,23,24)/b13-7-. The van der Waals surface area contributed by atoms with Crippen LogP contribution in [0.5, 0.6) is 5.75 Å². The molecule has 0 aromatic heterocycles. The van der Waals surface area contributed by atoms with Crippen molar-refractivity contribution in [1.29, 1.82) is 0 Å². The summed E-state index contributed by atoms with van der Waals surface area (Å²) in [6.45, 7) is -0.866. The molecule has 0 bridgehead atoms. The fourth-order valence-electron chi connectivity index (χ4n) is 2.61. The van der Waals surface area contributed by atoms with Crippen molar-refractivity contribution in [2.75, 3.05) is 11.6 Å². The highest BCUT2D eigenvalue weighted by Crippen LogP contribution is 2.36. The third-order valence-electron chi connectivity index (χ3n) is 3.81. The number of ether oxygens (including phenoxy) is 1. The van der Waals surface area contributed by atoms with Crippen LogP contribution in [0, 0.1) is 10.1 Å². The number of nitrogens with zero attached hydrogens (tertiary/aromatic N) is 2. The predicted molar refractivity (Wildman–Crippen MR) is 101 cm³/mol. The van der Waals surface area contributed by atoms with Crippen LogP contribution < -0.4 is 15.2 Å². The average molecular weight is 418 g/mol. The molecule has 2 amide bonds. The van der Waals surface area contributed by atoms with E-state index in [0.717, 1.165) is 17.2 Å². The molecule has 0 spiro atoms. The smallest absolute Gasteiger partial charge is 0.341 e. The lowest BCUT2D eigenvalue weighted by Gasteiger charge is -2.14. The second-order valence-electron chi connectivity index (χ2n) is 5.76. The van der Waals surface area contributed by atoms with Crippen molar-refractivity contribution in [1.82, 2.24) is 5.43 Å². The highest BCUT2D eigenvalue weighted by molar-refractivity contribution is 6.32. The lowest BCUT2D eigenvalue weighted by atomic mass is 10.1. The first kappa shape index (κ1) is 19.8. The molecule has 10 nitrogen and oxygen atoms in total. The van der Waals surface area contributed by atoms with Crippen LogP contribution in [0.4, 0.5) is 11.4 Å². The molecular weight excluding hydrogens is 406 g/mol. The molecule has 3 rings (SSSR count). The van der Waals surface area contributed by atoms with Crippen LogP contribution in [0.1, 0.15) is 5.56 Å². The number of amides is 2. The topological polar surface area (TPSA) is 139 Å². The van der Waals surface area contributed by atoms with Crippen molar-refractivity contribution >= 4 is 46.8 Å². The van der Waals surface area contributed by atoms with Crippen LogP contribution in [0.15, 0.2) is 48.0 Å². The van der Waals surface area contributed by atoms with Gasteiger partial charge in [-0.3, -0.25) is 25.1 Å². The van der Waals surface area contributed by atoms with Gasteiger partial charge in [0, 0.05) is 16.7 Å². The SMILES string of the molecule is O=C(O)COc1c(/C=C2/C(=O)NN(c3ccccc3)C2=O)cc(Cl)cc1[N+](=O)[O-]. The first-order valence-electron chi connectivity index (χ1n) is 8.02. The van der Waals surface area contributed by atoms with Gasteiger partial charge in [-0.25, -0.2) is 9.80 Å². The maximum atomic E-state index is 12.7. The quantitative estimate of drug-likeness (QED) is 0.317. The molecule has 29 heavy (non-hydrogen) atoms. The Morgan fingerprint density at radius 2 is 1.97 bits per heavy atom. The highest BCUT2D eigenvalue weighted by atomic mass is 35.5. The van der Waals surface area contributed by atoms with E-state index < -0.39 is 40.8 Å². The van der Waals surface area contributed by atoms with E-state index >= 15 is 0 Å². The van der Waals surface area contributed by atoms with Gasteiger partial charge in [0.2, 0.25) is 5.75 Å². The number of carboxylic acid groups (broad SMARTS) is 1. The Bertz CT molecular complexity index is 1050. The number of nitrogens with one attached hydrogen (secondary N) is 1. The fraction of sp³-hybridized carbons (Fsp3) is 0.0556. The number of hydrogen-bond acceptors (Lipinski definition) is 6. The number of hydrazine groups is 1. The van der Waals surface area contributed by atoms with E-state index in [-0.39, 0.29) is 16.2 Å². The molecular formula is C18H12ClN3O7. The third-order valence-corrected chi connectivity index (χ3v) is 4.02. The van der Waals surface area contributed by atoms with Crippen LogP contribution in [-0.4, -0.2) is 34.4 Å². The van der Waals surface area contributed by atoms with Gasteiger partial charge in [-0.05, 0) is 24.3 Å². The minimum atomic E-state index is -1.36. The van der Waals surface area contributed by atoms with Crippen LogP contribution in [0.3, 0.4) is 0 Å². The van der Waals surface area contributed by atoms with Crippen LogP contribution in [0.25, 0.3) is 6.08 Å². The Morgan fingerprint density at radius 1 is 1.28 bits per heavy atom. The number of anilines is 1. The molecule has 2 aromatic carbocycles. The lowest BCUT2D eigenvalue weighted by Crippen LogP contribution is -2.35. The predicted octanol–water partition coefficient (Wildman–Crippen LogP) is 2.17. The summed E-state index contributed by atoms with van der Waals surface area (Å²) in [5.41, 5.74) is 1.78. The summed E-state index contributed by atoms with van der Waals surface area (Å²) < 4.78 is 5.04. The summed E-state index contributed by atoms with van der Waals surface area (Å²) in [6, 6.07) is 10.5. The first-order valence-corrected chi connectivity index (χ1v) is 8.40. The number of halogens is 1. The Labute approximate surface area is 168 Å². The molecule has 148 valence electrons. The van der Waals surface area contributed by atoms with E-state index in [9.17, 15) is 24.5 Å². The zero-order valence-electron chi connectivity index (χ0n) is 14.5. The van der Waals surface area contributed by atoms with Gasteiger partial charge in [0.05, 0.1) is 10.6 Å². The molecule has 1 saturated heterocycles. The largest absolute Gasteiger partial charge is 0.479 e. The zero-order valence-corrected chi connectivity index (χ0v) is 15.3. The molecule has 1 heterocycles. The van der Waals surface area contributed by atoms with Crippen LogP contribution >= 0.6 is 11.6 Å². The molecule has 0 saturated carbocycles. The molecule has 0 atom stereocenters. The van der Waals surface area contributed by atoms with E-state index in [1.54, 1.807) is 30.3 Å². The van der Waals surface area contributed by atoms with Crippen molar-refractivity contribution in [3.63, 3.8) is 0 Å². The minimum Gasteiger partial charge on any atom is -0.479 e. The number of rotatable bonds is 6. The lowest BCUT2D eigenvalue weighted by molar-refractivity contribution is -0.385. The fourth-order valence-corrected chi connectivity index (χ4v) is 2.83. The molecule has 1 fully saturated rings. The Balaban J connectivity index is 2.07. The third kappa shape index (κ3) is 4.17. The maximum absolute atomic E-state index is 12.7. The molecule has 2 aromatic rings. The molecule has 1 aliphatic rings. The number of carbonyl (C=O) groups excluding carboxylic acids is 2. The summed E-state index contributed by atoms with van der Waals surface area (Å²) in [4.78, 5) is 46.3. The van der Waals surface area contributed by atoms with E-state index in [4.69, 9.17) is 21.4 Å². The van der Waals surface area contributed by atoms with Gasteiger partial charge < -0.3 is 9.84 Å². The maximum Gasteiger partial charge on any atom is 0.341 e. The van der Waals surface area contributed by atoms with E-state index in [1.807, 2.05) is 0 Å². The van der Waals surface area contributed by atoms with Gasteiger partial charge >= 0.3 is 11.7 Å². The Kier molecular flexibility index (Phi) is 5.46. The second kappa shape index (κ2) is 7.98. The van der Waals surface area contributed by atoms with Crippen molar-refractivity contribution in [3.8, 4) is 5.75 Å². The Hall–Kier alpha value is -3.92. The van der Waals surface area contributed by atoms with Gasteiger partial charge in [-0.15, -0.1) is 0 Å². The van der Waals surface area contributed by atoms with Gasteiger partial charge in [0.25, 0.3) is 11.8 Å². The minimum absolute atomic E-state index is 0.0583. The number of nitro groups is 1. The first-order chi connectivity index (χ1) is 13.8. The number of carboxylic acids is 1. The number of aliphatic carboxylic acids is 1. The van der Waals surface area contributed by atoms with Gasteiger partial charge in [-0.1, -0.05) is 29.8 Å². The van der Waals surface area contributed by atoms with E-state index in [0.29, 0.717) is 5.69 Å². The van der Waals surface area contributed by atoms with Gasteiger partial charge in [0.1, 0.15) is 5.57 Å². The normalized spacial score (nSPS) is 14.8. The number of carbonyl (C=O) groups is 3. The number of hydrogen-bond donors (Lipinski definition) is 2. The average Bonchev–Trinajstić information content (AvgIpc) is 2.95. The van der Waals surface area contributed by atoms with E-state index in [1.165, 1.54) is 6.07 Å². The Morgan fingerprint density at radius 3 is 2.59 bits per heavy atom. The van der Waals surface area contributed by atoms with Gasteiger partial charge in [0.15, 0.2) is 6.61 Å². The summed E-state index contributed by atoms with van der Waals surface area (Å²) >= 11 is 5.91. The summed E-state index contributed by atoms with van der Waals surface area (Å²) in [7, 11) is 0. The molecule has 2 N–H and O–H groups in total. The van der Waals surface area contributed by atoms with E-state index in [2.05, 4.69) is 5.43 Å². The van der Waals surface area contributed by atoms with Gasteiger partial charge in [-0.2, -0.15) is 0 Å². The zero-order chi connectivity index (χ0) is 21.1. The number of benzene rings is 2. The summed E-state index contributed by atoms with van der Waals surface area (Å²) in [5.74, 6) is -3.23. The monoisotopic (exact) mass is 417 g/mol. The van der Waals surface area contributed by atoms with Crippen molar-refractivity contribution in [2.24, 2.45) is 0 Å². The van der Waals surface area contributed by atoms with Crippen molar-refractivity contribution in [2.45, 2.75) is 0 Å². The highest BCUT2D eigenvalue weighted by Gasteiger charge is 2.35. The van der Waals surface area contributed by atoms with Crippen molar-refractivity contribution < 1.29 is 29.2 Å². The number of para-hydroxylation sites is 1. The van der Waals surface area contributed by atoms with Crippen LogP contribution in [0.2, 0.25) is 5.02 Å². The molecule has 0 unspecified atom stereocenters. The number of nitro benzene ring substituents is 1. The molecule has 0 aliphatic carbocycles. The van der Waals surface area contributed by atoms with Crippen LogP contribution in [-0.2, 0) is 14.4 Å². The van der Waals surface area contributed by atoms with Crippen molar-refractivity contribution in [3.05, 3.63) is 68.7 Å². The molecule has 11 heteroatoms. The summed E-state index contributed by atoms with van der Waals surface area (Å²) in [5, 5.41) is 21.1. The molecule has 1 aliphatic heterocycles. The summed E-state index contributed by atoms with van der Waals surface area (Å²) in [6.07, 6.45) is 1.07.